The number of carbonyl (C=O) groups is 1. The fourth-order valence-corrected chi connectivity index (χ4v) is 2.24. The molecule has 0 bridgehead atoms. The zero-order valence-electron chi connectivity index (χ0n) is 12.1. The molecule has 0 spiro atoms. The Morgan fingerprint density at radius 2 is 1.80 bits per heavy atom. The summed E-state index contributed by atoms with van der Waals surface area (Å²) in [5, 5.41) is 0. The Bertz CT molecular complexity index is 608. The minimum absolute atomic E-state index is 0.338. The molecular formula is C16H18O4. The first-order chi connectivity index (χ1) is 9.58. The zero-order valence-corrected chi connectivity index (χ0v) is 12.1. The van der Waals surface area contributed by atoms with Crippen molar-refractivity contribution < 1.29 is 18.7 Å². The Kier molecular flexibility index (Phi) is 4.13. The molecule has 1 aromatic carbocycles. The summed E-state index contributed by atoms with van der Waals surface area (Å²) in [6, 6.07) is 7.51. The summed E-state index contributed by atoms with van der Waals surface area (Å²) >= 11 is 0. The monoisotopic (exact) mass is 274 g/mol. The molecule has 106 valence electrons. The van der Waals surface area contributed by atoms with Gasteiger partial charge in [-0.15, -0.1) is 0 Å². The fraction of sp³-hybridized carbons (Fsp3) is 0.312. The summed E-state index contributed by atoms with van der Waals surface area (Å²) < 4.78 is 15.8. The molecule has 0 aliphatic carbocycles. The van der Waals surface area contributed by atoms with Crippen LogP contribution in [0.5, 0.6) is 5.75 Å². The quantitative estimate of drug-likeness (QED) is 0.797. The summed E-state index contributed by atoms with van der Waals surface area (Å²) in [5.41, 5.74) is 2.18. The lowest BCUT2D eigenvalue weighted by Crippen LogP contribution is -2.06. The summed E-state index contributed by atoms with van der Waals surface area (Å²) in [6.45, 7) is 5.74. The topological polar surface area (TPSA) is 48.7 Å². The third kappa shape index (κ3) is 2.54. The lowest BCUT2D eigenvalue weighted by molar-refractivity contribution is 0.0525. The minimum atomic E-state index is -0.354. The van der Waals surface area contributed by atoms with E-state index in [0.717, 1.165) is 16.9 Å². The van der Waals surface area contributed by atoms with Crippen molar-refractivity contribution in [2.45, 2.75) is 20.8 Å². The predicted molar refractivity (Wildman–Crippen MR) is 76.1 cm³/mol. The van der Waals surface area contributed by atoms with Crippen LogP contribution in [0.3, 0.4) is 0 Å². The van der Waals surface area contributed by atoms with Crippen LogP contribution in [0.15, 0.2) is 28.7 Å². The Balaban J connectivity index is 2.51. The van der Waals surface area contributed by atoms with Crippen LogP contribution >= 0.6 is 0 Å². The van der Waals surface area contributed by atoms with E-state index in [1.807, 2.05) is 31.2 Å². The van der Waals surface area contributed by atoms with Gasteiger partial charge < -0.3 is 13.9 Å². The molecule has 20 heavy (non-hydrogen) atoms. The van der Waals surface area contributed by atoms with Gasteiger partial charge in [0.15, 0.2) is 0 Å². The number of esters is 1. The van der Waals surface area contributed by atoms with Crippen LogP contribution in [0.2, 0.25) is 0 Å². The molecule has 0 aliphatic rings. The van der Waals surface area contributed by atoms with Gasteiger partial charge in [-0.25, -0.2) is 4.79 Å². The van der Waals surface area contributed by atoms with Gasteiger partial charge in [0.2, 0.25) is 0 Å². The van der Waals surface area contributed by atoms with Crippen molar-refractivity contribution in [3.05, 3.63) is 41.3 Å². The maximum atomic E-state index is 12.1. The Morgan fingerprint density at radius 3 is 2.35 bits per heavy atom. The van der Waals surface area contributed by atoms with Crippen molar-refractivity contribution in [3.8, 4) is 16.9 Å². The molecule has 1 aromatic heterocycles. The molecule has 0 radical (unpaired) electrons. The third-order valence-corrected chi connectivity index (χ3v) is 3.12. The Labute approximate surface area is 118 Å². The second-order valence-corrected chi connectivity index (χ2v) is 4.41. The summed E-state index contributed by atoms with van der Waals surface area (Å²) in [4.78, 5) is 12.1. The molecule has 4 nitrogen and oxygen atoms in total. The summed E-state index contributed by atoms with van der Waals surface area (Å²) in [5.74, 6) is 1.69. The lowest BCUT2D eigenvalue weighted by atomic mass is 10.0. The van der Waals surface area contributed by atoms with Crippen LogP contribution < -0.4 is 4.74 Å². The number of aryl methyl sites for hydroxylation is 2. The highest BCUT2D eigenvalue weighted by Gasteiger charge is 2.23. The Hall–Kier alpha value is -2.23. The highest BCUT2D eigenvalue weighted by molar-refractivity contribution is 5.99. The minimum Gasteiger partial charge on any atom is -0.497 e. The van der Waals surface area contributed by atoms with Crippen molar-refractivity contribution >= 4 is 5.97 Å². The van der Waals surface area contributed by atoms with E-state index in [2.05, 4.69) is 0 Å². The standard InChI is InChI=1S/C16H18O4/c1-5-19-16(17)15-11(3)20-10(2)14(15)12-6-8-13(18-4)9-7-12/h6-9H,5H2,1-4H3. The molecule has 1 heterocycles. The van der Waals surface area contributed by atoms with Crippen molar-refractivity contribution in [2.75, 3.05) is 13.7 Å². The van der Waals surface area contributed by atoms with Gasteiger partial charge in [-0.05, 0) is 38.5 Å². The molecule has 0 N–H and O–H groups in total. The molecule has 0 aliphatic heterocycles. The maximum absolute atomic E-state index is 12.1. The molecule has 2 aromatic rings. The number of ether oxygens (including phenoxy) is 2. The van der Waals surface area contributed by atoms with Crippen LogP contribution in [0, 0.1) is 13.8 Å². The van der Waals surface area contributed by atoms with E-state index < -0.39 is 0 Å². The van der Waals surface area contributed by atoms with Gasteiger partial charge >= 0.3 is 5.97 Å². The van der Waals surface area contributed by atoms with Crippen LogP contribution in [0.1, 0.15) is 28.8 Å². The zero-order chi connectivity index (χ0) is 14.7. The van der Waals surface area contributed by atoms with Crippen molar-refractivity contribution in [1.29, 1.82) is 0 Å². The van der Waals surface area contributed by atoms with Gasteiger partial charge in [0.05, 0.1) is 13.7 Å². The molecule has 0 atom stereocenters. The number of rotatable bonds is 4. The number of methoxy groups -OCH3 is 1. The normalized spacial score (nSPS) is 10.4. The predicted octanol–water partition coefficient (Wildman–Crippen LogP) is 3.75. The number of hydrogen-bond donors (Lipinski definition) is 0. The largest absolute Gasteiger partial charge is 0.497 e. The number of carbonyl (C=O) groups excluding carboxylic acids is 1. The van der Waals surface area contributed by atoms with Crippen molar-refractivity contribution in [2.24, 2.45) is 0 Å². The number of furan rings is 1. The highest BCUT2D eigenvalue weighted by Crippen LogP contribution is 2.33. The molecule has 2 rings (SSSR count). The molecular weight excluding hydrogens is 256 g/mol. The van der Waals surface area contributed by atoms with Crippen molar-refractivity contribution in [3.63, 3.8) is 0 Å². The number of hydrogen-bond acceptors (Lipinski definition) is 4. The smallest absolute Gasteiger partial charge is 0.342 e. The molecule has 0 unspecified atom stereocenters. The molecule has 0 fully saturated rings. The van der Waals surface area contributed by atoms with E-state index >= 15 is 0 Å². The highest BCUT2D eigenvalue weighted by atomic mass is 16.5. The van der Waals surface area contributed by atoms with E-state index in [0.29, 0.717) is 23.7 Å². The van der Waals surface area contributed by atoms with E-state index in [1.165, 1.54) is 0 Å². The van der Waals surface area contributed by atoms with Crippen LogP contribution in [-0.4, -0.2) is 19.7 Å². The molecule has 0 amide bonds. The van der Waals surface area contributed by atoms with E-state index in [-0.39, 0.29) is 5.97 Å². The average molecular weight is 274 g/mol. The first-order valence-corrected chi connectivity index (χ1v) is 6.50. The Morgan fingerprint density at radius 1 is 1.15 bits per heavy atom. The maximum Gasteiger partial charge on any atom is 0.342 e. The molecule has 4 heteroatoms. The van der Waals surface area contributed by atoms with Gasteiger partial charge in [0.1, 0.15) is 22.8 Å². The van der Waals surface area contributed by atoms with Gasteiger partial charge in [-0.2, -0.15) is 0 Å². The van der Waals surface area contributed by atoms with E-state index in [4.69, 9.17) is 13.9 Å². The SMILES string of the molecule is CCOC(=O)c1c(C)oc(C)c1-c1ccc(OC)cc1. The lowest BCUT2D eigenvalue weighted by Gasteiger charge is -2.06. The second kappa shape index (κ2) is 5.82. The van der Waals surface area contributed by atoms with Gasteiger partial charge in [-0.3, -0.25) is 0 Å². The van der Waals surface area contributed by atoms with Crippen LogP contribution in [-0.2, 0) is 4.74 Å². The first kappa shape index (κ1) is 14.2. The van der Waals surface area contributed by atoms with E-state index in [1.54, 1.807) is 21.0 Å². The fourth-order valence-electron chi connectivity index (χ4n) is 2.24. The average Bonchev–Trinajstić information content (AvgIpc) is 2.74. The van der Waals surface area contributed by atoms with Crippen molar-refractivity contribution in [1.82, 2.24) is 0 Å². The first-order valence-electron chi connectivity index (χ1n) is 6.50. The third-order valence-electron chi connectivity index (χ3n) is 3.12. The summed E-state index contributed by atoms with van der Waals surface area (Å²) in [7, 11) is 1.62. The summed E-state index contributed by atoms with van der Waals surface area (Å²) in [6.07, 6.45) is 0. The van der Waals surface area contributed by atoms with Gasteiger partial charge in [0, 0.05) is 5.56 Å². The number of benzene rings is 1. The van der Waals surface area contributed by atoms with Crippen LogP contribution in [0.25, 0.3) is 11.1 Å². The van der Waals surface area contributed by atoms with E-state index in [9.17, 15) is 4.79 Å². The second-order valence-electron chi connectivity index (χ2n) is 4.41. The van der Waals surface area contributed by atoms with Gasteiger partial charge in [-0.1, -0.05) is 12.1 Å². The molecule has 0 saturated carbocycles. The van der Waals surface area contributed by atoms with Gasteiger partial charge in [0.25, 0.3) is 0 Å². The molecule has 0 saturated heterocycles. The van der Waals surface area contributed by atoms with Crippen LogP contribution in [0.4, 0.5) is 0 Å².